The largest absolute Gasteiger partial charge is 0.481 e. The standard InChI is InChI=1S/C36H47ClFN8O17P3S/c1-19-7-8-23(45-27-21(37)5-4-6-22(27)38)20(13-19)14-26(48)67-12-11-40-25(47)9-10-41-34(51)31(50)36(2,3)16-60-66(57,58)63-65(55,56)59-15-24-30(62-64(52,53)54)29(49)35(61-24)46-18-44-28-32(39)42-17-43-33(28)46/h4-8,13,17-18,24,29-31,35,45,49-50H,9-12,14-16H2,1-3H3,(H,40,47)(H,41,51)(H,55,56)(H,57,58)(H2,39,42,43)(H2,52,53,54). The van der Waals surface area contributed by atoms with Gasteiger partial charge in [0.2, 0.25) is 11.8 Å². The Morgan fingerprint density at radius 1 is 1.04 bits per heavy atom. The molecule has 2 aromatic heterocycles. The Labute approximate surface area is 389 Å². The molecule has 5 rings (SSSR count). The lowest BCUT2D eigenvalue weighted by atomic mass is 9.87. The molecule has 4 aromatic rings. The Bertz CT molecular complexity index is 2570. The molecule has 67 heavy (non-hydrogen) atoms. The first-order valence-corrected chi connectivity index (χ1v) is 25.5. The Kier molecular flexibility index (Phi) is 18.2. The molecule has 2 amide bonds. The SMILES string of the molecule is Cc1ccc(Nc2c(F)cccc2Cl)c(CC(=O)SCCNC(=O)CCNC(=O)C(O)C(C)(C)COP(=O)(O)OP(=O)(O)OCC2OC(n3cnc4c(N)ncnc43)C(O)C2OP(=O)(O)O)c1. The molecule has 3 heterocycles. The summed E-state index contributed by atoms with van der Waals surface area (Å²) < 4.78 is 76.8. The Morgan fingerprint density at radius 2 is 1.76 bits per heavy atom. The lowest BCUT2D eigenvalue weighted by molar-refractivity contribution is -0.137. The highest BCUT2D eigenvalue weighted by atomic mass is 35.5. The maximum atomic E-state index is 14.4. The number of nitrogens with one attached hydrogen (secondary N) is 3. The minimum Gasteiger partial charge on any atom is -0.386 e. The number of thioether (sulfide) groups is 1. The van der Waals surface area contributed by atoms with E-state index in [0.717, 1.165) is 34.5 Å². The van der Waals surface area contributed by atoms with Gasteiger partial charge >= 0.3 is 23.5 Å². The van der Waals surface area contributed by atoms with Gasteiger partial charge in [-0.1, -0.05) is 61.0 Å². The van der Waals surface area contributed by atoms with Crippen LogP contribution in [0.2, 0.25) is 5.02 Å². The van der Waals surface area contributed by atoms with E-state index in [2.05, 4.69) is 39.7 Å². The molecule has 2 aromatic carbocycles. The number of aryl methyl sites for hydroxylation is 1. The van der Waals surface area contributed by atoms with Crippen molar-refractivity contribution in [2.45, 2.75) is 64.3 Å². The smallest absolute Gasteiger partial charge is 0.386 e. The minimum absolute atomic E-state index is 0.00339. The number of hydrogen-bond donors (Lipinski definition) is 10. The first-order chi connectivity index (χ1) is 31.3. The molecular weight excluding hydrogens is 996 g/mol. The van der Waals surface area contributed by atoms with E-state index in [4.69, 9.17) is 31.1 Å². The van der Waals surface area contributed by atoms with Gasteiger partial charge in [-0.25, -0.2) is 33.0 Å². The predicted molar refractivity (Wildman–Crippen MR) is 237 cm³/mol. The summed E-state index contributed by atoms with van der Waals surface area (Å²) >= 11 is 7.11. The fourth-order valence-corrected chi connectivity index (χ4v) is 9.97. The lowest BCUT2D eigenvalue weighted by Crippen LogP contribution is -2.46. The zero-order valence-electron chi connectivity index (χ0n) is 35.5. The number of ether oxygens (including phenoxy) is 1. The van der Waals surface area contributed by atoms with Gasteiger partial charge < -0.3 is 56.2 Å². The molecule has 25 nitrogen and oxygen atoms in total. The second kappa shape index (κ2) is 22.6. The van der Waals surface area contributed by atoms with Crippen molar-refractivity contribution in [3.8, 4) is 0 Å². The maximum Gasteiger partial charge on any atom is 0.481 e. The van der Waals surface area contributed by atoms with Crippen molar-refractivity contribution >= 4 is 92.1 Å². The predicted octanol–water partition coefficient (Wildman–Crippen LogP) is 2.75. The Morgan fingerprint density at radius 3 is 2.46 bits per heavy atom. The number of aromatic nitrogens is 4. The van der Waals surface area contributed by atoms with E-state index < -0.39 is 90.4 Å². The fraction of sp³-hybridized carbons (Fsp3) is 0.444. The highest BCUT2D eigenvalue weighted by Gasteiger charge is 2.50. The normalized spacial score (nSPS) is 19.9. The van der Waals surface area contributed by atoms with Crippen molar-refractivity contribution in [3.05, 3.63) is 71.0 Å². The average molecular weight is 1040 g/mol. The van der Waals surface area contributed by atoms with Gasteiger partial charge in [-0.15, -0.1) is 0 Å². The number of carbonyl (C=O) groups is 3. The molecule has 7 atom stereocenters. The van der Waals surface area contributed by atoms with Crippen molar-refractivity contribution < 1.29 is 84.9 Å². The van der Waals surface area contributed by atoms with E-state index in [9.17, 15) is 62.3 Å². The summed E-state index contributed by atoms with van der Waals surface area (Å²) in [5.41, 5.74) is 6.26. The molecule has 0 spiro atoms. The number of aliphatic hydroxyl groups excluding tert-OH is 2. The van der Waals surface area contributed by atoms with Gasteiger partial charge in [-0.3, -0.25) is 32.5 Å². The number of nitrogen functional groups attached to an aromatic ring is 1. The van der Waals surface area contributed by atoms with Gasteiger partial charge in [-0.05, 0) is 30.7 Å². The molecule has 0 bridgehead atoms. The van der Waals surface area contributed by atoms with E-state index in [1.165, 1.54) is 32.0 Å². The number of amides is 2. The van der Waals surface area contributed by atoms with Gasteiger partial charge in [-0.2, -0.15) is 4.31 Å². The summed E-state index contributed by atoms with van der Waals surface area (Å²) in [5, 5.41) is 29.4. The van der Waals surface area contributed by atoms with Crippen molar-refractivity contribution in [2.75, 3.05) is 43.1 Å². The van der Waals surface area contributed by atoms with E-state index in [-0.39, 0.29) is 64.5 Å². The number of halogens is 2. The topological polar surface area (TPSA) is 376 Å². The van der Waals surface area contributed by atoms with Gasteiger partial charge in [0.05, 0.1) is 30.3 Å². The molecular formula is C36H47ClFN8O17P3S. The number of phosphoric ester groups is 3. The van der Waals surface area contributed by atoms with Crippen LogP contribution in [-0.4, -0.2) is 123 Å². The number of fused-ring (bicyclic) bond motifs is 1. The number of nitrogens with zero attached hydrogens (tertiary/aromatic N) is 4. The molecule has 0 radical (unpaired) electrons. The third-order valence-electron chi connectivity index (χ3n) is 9.58. The molecule has 1 aliphatic heterocycles. The number of hydrogen-bond acceptors (Lipinski definition) is 19. The van der Waals surface area contributed by atoms with Crippen molar-refractivity contribution in [1.29, 1.82) is 0 Å². The number of benzene rings is 2. The highest BCUT2D eigenvalue weighted by Crippen LogP contribution is 2.61. The van der Waals surface area contributed by atoms with Crippen LogP contribution in [0.1, 0.15) is 37.6 Å². The number of imidazole rings is 1. The third-order valence-corrected chi connectivity index (χ3v) is 13.9. The van der Waals surface area contributed by atoms with Crippen molar-refractivity contribution in [2.24, 2.45) is 5.41 Å². The van der Waals surface area contributed by atoms with E-state index >= 15 is 0 Å². The third kappa shape index (κ3) is 15.3. The number of nitrogens with two attached hydrogens (primary N) is 1. The van der Waals surface area contributed by atoms with Crippen LogP contribution in [-0.2, 0) is 57.1 Å². The average Bonchev–Trinajstić information content (AvgIpc) is 3.79. The number of aliphatic hydroxyl groups is 2. The summed E-state index contributed by atoms with van der Waals surface area (Å²) in [7, 11) is -16.5. The number of anilines is 3. The lowest BCUT2D eigenvalue weighted by Gasteiger charge is -2.30. The number of phosphoric acid groups is 3. The van der Waals surface area contributed by atoms with Crippen molar-refractivity contribution in [1.82, 2.24) is 30.2 Å². The molecule has 0 saturated carbocycles. The van der Waals surface area contributed by atoms with E-state index in [0.29, 0.717) is 11.3 Å². The number of rotatable bonds is 23. The molecule has 1 fully saturated rings. The van der Waals surface area contributed by atoms with Gasteiger partial charge in [0.15, 0.2) is 22.8 Å². The second-order valence-electron chi connectivity index (χ2n) is 15.3. The first-order valence-electron chi connectivity index (χ1n) is 19.6. The second-order valence-corrected chi connectivity index (χ2v) is 21.1. The summed E-state index contributed by atoms with van der Waals surface area (Å²) in [6.45, 7) is 2.08. The Hall–Kier alpha value is -3.98. The van der Waals surface area contributed by atoms with Crippen LogP contribution in [0, 0.1) is 18.2 Å². The molecule has 11 N–H and O–H groups in total. The van der Waals surface area contributed by atoms with Gasteiger partial charge in [0.25, 0.3) is 0 Å². The maximum absolute atomic E-state index is 14.4. The zero-order chi connectivity index (χ0) is 49.5. The van der Waals surface area contributed by atoms with E-state index in [1.807, 2.05) is 6.92 Å². The van der Waals surface area contributed by atoms with Crippen LogP contribution in [0.4, 0.5) is 21.6 Å². The number of carbonyl (C=O) groups excluding carboxylic acids is 3. The van der Waals surface area contributed by atoms with Crippen LogP contribution >= 0.6 is 46.8 Å². The molecule has 0 aliphatic carbocycles. The summed E-state index contributed by atoms with van der Waals surface area (Å²) in [5.74, 6) is -1.92. The molecule has 7 unspecified atom stereocenters. The highest BCUT2D eigenvalue weighted by molar-refractivity contribution is 8.13. The zero-order valence-corrected chi connectivity index (χ0v) is 39.8. The van der Waals surface area contributed by atoms with Crippen LogP contribution in [0.25, 0.3) is 11.2 Å². The summed E-state index contributed by atoms with van der Waals surface area (Å²) in [6.07, 6.45) is -7.12. The van der Waals surface area contributed by atoms with Crippen molar-refractivity contribution in [3.63, 3.8) is 0 Å². The molecule has 1 saturated heterocycles. The monoisotopic (exact) mass is 1040 g/mol. The van der Waals surface area contributed by atoms with Crippen LogP contribution < -0.4 is 21.7 Å². The van der Waals surface area contributed by atoms with Crippen LogP contribution in [0.5, 0.6) is 0 Å². The molecule has 368 valence electrons. The van der Waals surface area contributed by atoms with Crippen LogP contribution in [0.15, 0.2) is 49.1 Å². The minimum atomic E-state index is -5.61. The van der Waals surface area contributed by atoms with Crippen LogP contribution in [0.3, 0.4) is 0 Å². The molecule has 1 aliphatic rings. The Balaban J connectivity index is 1.03. The fourth-order valence-electron chi connectivity index (χ4n) is 6.24. The van der Waals surface area contributed by atoms with E-state index in [1.54, 1.807) is 18.2 Å². The quantitative estimate of drug-likeness (QED) is 0.0377. The summed E-state index contributed by atoms with van der Waals surface area (Å²) in [6, 6.07) is 9.55. The molecule has 31 heteroatoms. The number of para-hydroxylation sites is 1. The first kappa shape index (κ1) is 54.0. The van der Waals surface area contributed by atoms with Gasteiger partial charge in [0, 0.05) is 42.8 Å². The van der Waals surface area contributed by atoms with Gasteiger partial charge in [0.1, 0.15) is 42.1 Å². The summed E-state index contributed by atoms with van der Waals surface area (Å²) in [4.78, 5) is 89.1.